The predicted molar refractivity (Wildman–Crippen MR) is 64.9 cm³/mol. The molecule has 0 saturated carbocycles. The van der Waals surface area contributed by atoms with Gasteiger partial charge in [-0.3, -0.25) is 0 Å². The quantitative estimate of drug-likeness (QED) is 0.854. The third-order valence-electron chi connectivity index (χ3n) is 2.39. The van der Waals surface area contributed by atoms with Gasteiger partial charge in [0.15, 0.2) is 6.10 Å². The van der Waals surface area contributed by atoms with Crippen LogP contribution in [0.4, 0.5) is 18.9 Å². The Balaban J connectivity index is 2.36. The molecule has 2 N–H and O–H groups in total. The third-order valence-corrected chi connectivity index (χ3v) is 3.33. The molecule has 0 radical (unpaired) electrons. The summed E-state index contributed by atoms with van der Waals surface area (Å²) < 4.78 is 42.9. The van der Waals surface area contributed by atoms with Crippen LogP contribution >= 0.6 is 11.3 Å². The molecule has 18 heavy (non-hydrogen) atoms. The number of hydrogen-bond donors (Lipinski definition) is 1. The van der Waals surface area contributed by atoms with Gasteiger partial charge in [-0.05, 0) is 19.9 Å². The SMILES string of the molecule is Cc1nc2cc(OC(C)C(F)(F)F)c(N)cc2s1. The minimum absolute atomic E-state index is 0.0117. The van der Waals surface area contributed by atoms with Crippen LogP contribution in [-0.4, -0.2) is 17.3 Å². The summed E-state index contributed by atoms with van der Waals surface area (Å²) in [5.74, 6) is 0.0117. The molecule has 0 aliphatic heterocycles. The molecule has 0 amide bonds. The number of rotatable bonds is 2. The van der Waals surface area contributed by atoms with Crippen molar-refractivity contribution in [3.63, 3.8) is 0 Å². The summed E-state index contributed by atoms with van der Waals surface area (Å²) in [6.07, 6.45) is -6.32. The van der Waals surface area contributed by atoms with Gasteiger partial charge >= 0.3 is 6.18 Å². The Hall–Kier alpha value is -1.50. The fourth-order valence-corrected chi connectivity index (χ4v) is 2.30. The molecule has 0 aliphatic rings. The first-order chi connectivity index (χ1) is 8.27. The molecule has 1 unspecified atom stereocenters. The maximum absolute atomic E-state index is 12.4. The van der Waals surface area contributed by atoms with Crippen LogP contribution in [0.1, 0.15) is 11.9 Å². The Bertz CT molecular complexity index is 579. The van der Waals surface area contributed by atoms with Crippen molar-refractivity contribution in [1.82, 2.24) is 4.98 Å². The van der Waals surface area contributed by atoms with Gasteiger partial charge in [0.05, 0.1) is 20.9 Å². The highest BCUT2D eigenvalue weighted by Gasteiger charge is 2.38. The number of benzene rings is 1. The van der Waals surface area contributed by atoms with Gasteiger partial charge in [0.25, 0.3) is 0 Å². The van der Waals surface area contributed by atoms with Crippen LogP contribution in [0.3, 0.4) is 0 Å². The lowest BCUT2D eigenvalue weighted by Gasteiger charge is -2.18. The number of ether oxygens (including phenoxy) is 1. The normalized spacial score (nSPS) is 13.8. The van der Waals surface area contributed by atoms with E-state index >= 15 is 0 Å². The van der Waals surface area contributed by atoms with Gasteiger partial charge in [-0.2, -0.15) is 13.2 Å². The number of hydrogen-bond acceptors (Lipinski definition) is 4. The Kier molecular flexibility index (Phi) is 3.10. The van der Waals surface area contributed by atoms with Gasteiger partial charge in [0.2, 0.25) is 0 Å². The number of aryl methyl sites for hydroxylation is 1. The van der Waals surface area contributed by atoms with E-state index in [9.17, 15) is 13.2 Å². The second-order valence-corrected chi connectivity index (χ2v) is 5.13. The van der Waals surface area contributed by atoms with Gasteiger partial charge in [0, 0.05) is 6.07 Å². The van der Waals surface area contributed by atoms with E-state index in [1.165, 1.54) is 17.4 Å². The fourth-order valence-electron chi connectivity index (χ4n) is 1.44. The van der Waals surface area contributed by atoms with Crippen LogP contribution in [-0.2, 0) is 0 Å². The molecule has 2 aromatic rings. The Morgan fingerprint density at radius 1 is 1.39 bits per heavy atom. The van der Waals surface area contributed by atoms with Crippen molar-refractivity contribution in [2.75, 3.05) is 5.73 Å². The maximum atomic E-state index is 12.4. The first kappa shape index (κ1) is 12.9. The van der Waals surface area contributed by atoms with Gasteiger partial charge in [0.1, 0.15) is 5.75 Å². The summed E-state index contributed by atoms with van der Waals surface area (Å²) in [7, 11) is 0. The number of anilines is 1. The van der Waals surface area contributed by atoms with Gasteiger partial charge in [-0.25, -0.2) is 4.98 Å². The number of thiazole rings is 1. The lowest BCUT2D eigenvalue weighted by Crippen LogP contribution is -2.31. The minimum atomic E-state index is -4.42. The smallest absolute Gasteiger partial charge is 0.425 e. The summed E-state index contributed by atoms with van der Waals surface area (Å²) >= 11 is 1.43. The zero-order chi connectivity index (χ0) is 13.5. The van der Waals surface area contributed by atoms with Crippen LogP contribution in [0, 0.1) is 6.92 Å². The largest absolute Gasteiger partial charge is 0.479 e. The molecular formula is C11H11F3N2OS. The zero-order valence-electron chi connectivity index (χ0n) is 9.71. The van der Waals surface area contributed by atoms with E-state index in [4.69, 9.17) is 10.5 Å². The van der Waals surface area contributed by atoms with Crippen molar-refractivity contribution in [2.45, 2.75) is 26.1 Å². The molecule has 1 heterocycles. The number of nitrogens with two attached hydrogens (primary N) is 1. The highest BCUT2D eigenvalue weighted by Crippen LogP contribution is 2.33. The topological polar surface area (TPSA) is 48.1 Å². The molecule has 0 aliphatic carbocycles. The van der Waals surface area contributed by atoms with Crippen molar-refractivity contribution < 1.29 is 17.9 Å². The Morgan fingerprint density at radius 2 is 2.06 bits per heavy atom. The molecule has 0 saturated heterocycles. The lowest BCUT2D eigenvalue weighted by atomic mass is 10.2. The van der Waals surface area contributed by atoms with Crippen molar-refractivity contribution >= 4 is 27.2 Å². The fraction of sp³-hybridized carbons (Fsp3) is 0.364. The molecule has 1 atom stereocenters. The van der Waals surface area contributed by atoms with E-state index in [1.54, 1.807) is 6.07 Å². The standard InChI is InChI=1S/C11H11F3N2OS/c1-5(11(12,13)14)17-9-4-8-10(3-7(9)15)18-6(2)16-8/h3-5H,15H2,1-2H3. The first-order valence-corrected chi connectivity index (χ1v) is 5.99. The van der Waals surface area contributed by atoms with Gasteiger partial charge in [-0.15, -0.1) is 11.3 Å². The van der Waals surface area contributed by atoms with Crippen molar-refractivity contribution in [1.29, 1.82) is 0 Å². The van der Waals surface area contributed by atoms with Crippen LogP contribution < -0.4 is 10.5 Å². The number of aromatic nitrogens is 1. The second-order valence-electron chi connectivity index (χ2n) is 3.89. The molecule has 2 rings (SSSR count). The van der Waals surface area contributed by atoms with E-state index in [-0.39, 0.29) is 11.4 Å². The van der Waals surface area contributed by atoms with E-state index in [0.29, 0.717) is 5.52 Å². The average molecular weight is 276 g/mol. The van der Waals surface area contributed by atoms with Crippen LogP contribution in [0.25, 0.3) is 10.2 Å². The summed E-state index contributed by atoms with van der Waals surface area (Å²) in [5, 5.41) is 0.824. The summed E-state index contributed by atoms with van der Waals surface area (Å²) in [5.41, 5.74) is 6.45. The molecule has 0 spiro atoms. The van der Waals surface area contributed by atoms with Crippen molar-refractivity contribution in [3.8, 4) is 5.75 Å². The lowest BCUT2D eigenvalue weighted by molar-refractivity contribution is -0.189. The number of fused-ring (bicyclic) bond motifs is 1. The number of halogens is 3. The van der Waals surface area contributed by atoms with Crippen LogP contribution in [0.15, 0.2) is 12.1 Å². The second kappa shape index (κ2) is 4.31. The summed E-state index contributed by atoms with van der Waals surface area (Å²) in [6, 6.07) is 3.02. The maximum Gasteiger partial charge on any atom is 0.425 e. The average Bonchev–Trinajstić information content (AvgIpc) is 2.56. The predicted octanol–water partition coefficient (Wildman–Crippen LogP) is 3.52. The molecule has 0 bridgehead atoms. The molecular weight excluding hydrogens is 265 g/mol. The number of nitrogens with zero attached hydrogens (tertiary/aromatic N) is 1. The zero-order valence-corrected chi connectivity index (χ0v) is 10.5. The van der Waals surface area contributed by atoms with E-state index in [1.807, 2.05) is 6.92 Å². The monoisotopic (exact) mass is 276 g/mol. The highest BCUT2D eigenvalue weighted by atomic mass is 32.1. The molecule has 7 heteroatoms. The van der Waals surface area contributed by atoms with E-state index in [2.05, 4.69) is 4.98 Å². The molecule has 1 aromatic carbocycles. The molecule has 0 fully saturated rings. The van der Waals surface area contributed by atoms with E-state index in [0.717, 1.165) is 16.6 Å². The van der Waals surface area contributed by atoms with Gasteiger partial charge < -0.3 is 10.5 Å². The van der Waals surface area contributed by atoms with E-state index < -0.39 is 12.3 Å². The van der Waals surface area contributed by atoms with Crippen molar-refractivity contribution in [2.24, 2.45) is 0 Å². The minimum Gasteiger partial charge on any atom is -0.479 e. The highest BCUT2D eigenvalue weighted by molar-refractivity contribution is 7.18. The Morgan fingerprint density at radius 3 is 2.67 bits per heavy atom. The third kappa shape index (κ3) is 2.50. The van der Waals surface area contributed by atoms with Gasteiger partial charge in [-0.1, -0.05) is 0 Å². The molecule has 98 valence electrons. The van der Waals surface area contributed by atoms with Crippen LogP contribution in [0.2, 0.25) is 0 Å². The number of nitrogen functional groups attached to an aromatic ring is 1. The van der Waals surface area contributed by atoms with Crippen molar-refractivity contribution in [3.05, 3.63) is 17.1 Å². The molecule has 3 nitrogen and oxygen atoms in total. The summed E-state index contributed by atoms with van der Waals surface area (Å²) in [6.45, 7) is 2.76. The van der Waals surface area contributed by atoms with Crippen LogP contribution in [0.5, 0.6) is 5.75 Å². The summed E-state index contributed by atoms with van der Waals surface area (Å²) in [4.78, 5) is 4.19. The number of alkyl halides is 3. The Labute approximate surface area is 105 Å². The molecule has 1 aromatic heterocycles. The first-order valence-electron chi connectivity index (χ1n) is 5.17.